The fourth-order valence-corrected chi connectivity index (χ4v) is 2.64. The fraction of sp³-hybridized carbons (Fsp3) is 0.200. The zero-order valence-electron chi connectivity index (χ0n) is 12.6. The molecule has 22 heavy (non-hydrogen) atoms. The zero-order chi connectivity index (χ0) is 16.3. The Morgan fingerprint density at radius 3 is 2.05 bits per heavy atom. The zero-order valence-corrected chi connectivity index (χ0v) is 13.4. The van der Waals surface area contributed by atoms with Crippen LogP contribution in [0.25, 0.3) is 0 Å². The van der Waals surface area contributed by atoms with Crippen molar-refractivity contribution in [1.82, 2.24) is 0 Å². The molecule has 2 rings (SSSR count). The summed E-state index contributed by atoms with van der Waals surface area (Å²) >= 11 is 0. The van der Waals surface area contributed by atoms with Crippen molar-refractivity contribution in [2.45, 2.75) is 11.8 Å². The molecule has 2 aromatic rings. The number of aryl methyl sites for hydroxylation is 1. The lowest BCUT2D eigenvalue weighted by molar-refractivity contribution is -0.430. The van der Waals surface area contributed by atoms with Gasteiger partial charge in [-0.3, -0.25) is 0 Å². The van der Waals surface area contributed by atoms with Gasteiger partial charge in [-0.15, -0.1) is 0 Å². The molecule has 7 heteroatoms. The highest BCUT2D eigenvalue weighted by atomic mass is 32.2. The van der Waals surface area contributed by atoms with Gasteiger partial charge in [-0.1, -0.05) is 17.7 Å². The molecule has 0 heterocycles. The van der Waals surface area contributed by atoms with E-state index in [-0.39, 0.29) is 15.4 Å². The highest BCUT2D eigenvalue weighted by molar-refractivity contribution is 7.89. The van der Waals surface area contributed by atoms with E-state index in [9.17, 15) is 13.6 Å². The van der Waals surface area contributed by atoms with Crippen molar-refractivity contribution in [2.75, 3.05) is 19.0 Å². The summed E-state index contributed by atoms with van der Waals surface area (Å²) in [5, 5.41) is 11.9. The Morgan fingerprint density at radius 2 is 1.55 bits per heavy atom. The van der Waals surface area contributed by atoms with Crippen LogP contribution in [0.15, 0.2) is 57.9 Å². The molecule has 0 aliphatic rings. The minimum absolute atomic E-state index is 0.0103. The van der Waals surface area contributed by atoms with Crippen LogP contribution in [-0.2, 0) is 10.0 Å². The van der Waals surface area contributed by atoms with E-state index in [1.54, 1.807) is 24.3 Å². The Kier molecular flexibility index (Phi) is 4.46. The van der Waals surface area contributed by atoms with Gasteiger partial charge >= 0.3 is 10.0 Å². The van der Waals surface area contributed by atoms with Gasteiger partial charge in [0.2, 0.25) is 5.69 Å². The lowest BCUT2D eigenvalue weighted by atomic mass is 10.2. The van der Waals surface area contributed by atoms with Crippen molar-refractivity contribution < 1.29 is 13.3 Å². The van der Waals surface area contributed by atoms with E-state index >= 15 is 0 Å². The molecule has 0 bridgehead atoms. The van der Waals surface area contributed by atoms with Crippen molar-refractivity contribution in [3.8, 4) is 0 Å². The number of benzene rings is 2. The molecule has 2 aromatic carbocycles. The molecule has 0 aromatic heterocycles. The highest BCUT2D eigenvalue weighted by Gasteiger charge is 2.18. The first-order chi connectivity index (χ1) is 10.3. The van der Waals surface area contributed by atoms with Gasteiger partial charge in [0.15, 0.2) is 0 Å². The van der Waals surface area contributed by atoms with E-state index in [0.717, 1.165) is 11.3 Å². The maximum Gasteiger partial charge on any atom is 0.337 e. The van der Waals surface area contributed by atoms with Gasteiger partial charge < -0.3 is 10.1 Å². The molecule has 0 radical (unpaired) electrons. The van der Waals surface area contributed by atoms with E-state index < -0.39 is 10.0 Å². The molecule has 0 N–H and O–H groups in total. The SMILES string of the molecule is Cc1ccc(S(=O)(=O)/N=[N+](\[O-])c2ccc(N(C)C)cc2)cc1. The summed E-state index contributed by atoms with van der Waals surface area (Å²) in [5.41, 5.74) is 1.98. The predicted octanol–water partition coefficient (Wildman–Crippen LogP) is 3.04. The predicted molar refractivity (Wildman–Crippen MR) is 84.8 cm³/mol. The van der Waals surface area contributed by atoms with Crippen molar-refractivity contribution in [1.29, 1.82) is 0 Å². The quantitative estimate of drug-likeness (QED) is 0.493. The Balaban J connectivity index is 2.32. The summed E-state index contributed by atoms with van der Waals surface area (Å²) in [6, 6.07) is 12.6. The van der Waals surface area contributed by atoms with Gasteiger partial charge in [0.05, 0.1) is 4.90 Å². The van der Waals surface area contributed by atoms with Gasteiger partial charge in [-0.05, 0) is 36.0 Å². The van der Waals surface area contributed by atoms with Crippen LogP contribution in [0, 0.1) is 12.1 Å². The third kappa shape index (κ3) is 3.62. The van der Waals surface area contributed by atoms with Crippen LogP contribution < -0.4 is 4.90 Å². The van der Waals surface area contributed by atoms with Crippen molar-refractivity contribution in [3.63, 3.8) is 0 Å². The van der Waals surface area contributed by atoms with Gasteiger partial charge in [0, 0.05) is 31.9 Å². The molecule has 0 fully saturated rings. The molecule has 0 unspecified atom stereocenters. The average molecular weight is 319 g/mol. The Labute approximate surface area is 130 Å². The normalized spacial score (nSPS) is 12.2. The fourth-order valence-electron chi connectivity index (χ4n) is 1.78. The number of hydrogen-bond acceptors (Lipinski definition) is 4. The summed E-state index contributed by atoms with van der Waals surface area (Å²) in [6.45, 7) is 1.85. The number of sulfonamides is 1. The van der Waals surface area contributed by atoms with E-state index in [1.807, 2.05) is 25.9 Å². The first-order valence-electron chi connectivity index (χ1n) is 6.59. The van der Waals surface area contributed by atoms with Crippen LogP contribution in [0.1, 0.15) is 5.56 Å². The minimum Gasteiger partial charge on any atom is -0.593 e. The van der Waals surface area contributed by atoms with E-state index in [2.05, 4.69) is 4.52 Å². The first kappa shape index (κ1) is 16.0. The topological polar surface area (TPSA) is 75.8 Å². The summed E-state index contributed by atoms with van der Waals surface area (Å²) in [6.07, 6.45) is 0. The smallest absolute Gasteiger partial charge is 0.337 e. The minimum atomic E-state index is -4.02. The third-order valence-electron chi connectivity index (χ3n) is 3.09. The van der Waals surface area contributed by atoms with Gasteiger partial charge in [0.25, 0.3) is 0 Å². The van der Waals surface area contributed by atoms with Crippen LogP contribution in [0.3, 0.4) is 0 Å². The maximum atomic E-state index is 12.1. The van der Waals surface area contributed by atoms with Gasteiger partial charge in [-0.25, -0.2) is 0 Å². The molecule has 0 saturated carbocycles. The Morgan fingerprint density at radius 1 is 1.00 bits per heavy atom. The van der Waals surface area contributed by atoms with Crippen LogP contribution in [0.5, 0.6) is 0 Å². The van der Waals surface area contributed by atoms with Crippen LogP contribution in [-0.4, -0.2) is 27.4 Å². The number of rotatable bonds is 4. The second-order valence-electron chi connectivity index (χ2n) is 5.05. The molecule has 0 spiro atoms. The number of nitrogens with zero attached hydrogens (tertiary/aromatic N) is 3. The van der Waals surface area contributed by atoms with Crippen molar-refractivity contribution in [2.24, 2.45) is 4.52 Å². The van der Waals surface area contributed by atoms with E-state index in [1.165, 1.54) is 24.3 Å². The van der Waals surface area contributed by atoms with Gasteiger partial charge in [-0.2, -0.15) is 8.42 Å². The van der Waals surface area contributed by atoms with E-state index in [0.29, 0.717) is 0 Å². The van der Waals surface area contributed by atoms with E-state index in [4.69, 9.17) is 0 Å². The lowest BCUT2D eigenvalue weighted by Gasteiger charge is -2.11. The molecule has 0 aliphatic heterocycles. The number of anilines is 1. The second-order valence-corrected chi connectivity index (χ2v) is 6.64. The summed E-state index contributed by atoms with van der Waals surface area (Å²) in [4.78, 5) is 1.98. The molecular formula is C15H17N3O3S. The first-order valence-corrected chi connectivity index (χ1v) is 8.03. The second kappa shape index (κ2) is 6.15. The molecular weight excluding hydrogens is 302 g/mol. The van der Waals surface area contributed by atoms with Crippen LogP contribution in [0.4, 0.5) is 11.4 Å². The standard InChI is InChI=1S/C15H17N3O3S/c1-12-4-10-15(11-5-12)22(20,21)16-18(19)14-8-6-13(7-9-14)17(2)3/h4-11H,1-3H3/b18-16-. The van der Waals surface area contributed by atoms with Crippen LogP contribution in [0.2, 0.25) is 0 Å². The molecule has 0 saturated heterocycles. The number of hydrogen-bond donors (Lipinski definition) is 0. The largest absolute Gasteiger partial charge is 0.593 e. The Hall–Kier alpha value is -2.41. The summed E-state index contributed by atoms with van der Waals surface area (Å²) in [5.74, 6) is 0. The van der Waals surface area contributed by atoms with Crippen LogP contribution >= 0.6 is 0 Å². The maximum absolute atomic E-state index is 12.1. The third-order valence-corrected chi connectivity index (χ3v) is 4.32. The molecule has 0 atom stereocenters. The molecule has 116 valence electrons. The molecule has 6 nitrogen and oxygen atoms in total. The average Bonchev–Trinajstić information content (AvgIpc) is 2.47. The lowest BCUT2D eigenvalue weighted by Crippen LogP contribution is -2.08. The van der Waals surface area contributed by atoms with Crippen molar-refractivity contribution >= 4 is 21.4 Å². The van der Waals surface area contributed by atoms with Gasteiger partial charge in [0.1, 0.15) is 4.52 Å². The summed E-state index contributed by atoms with van der Waals surface area (Å²) < 4.78 is 27.5. The molecule has 0 amide bonds. The van der Waals surface area contributed by atoms with Crippen molar-refractivity contribution in [3.05, 3.63) is 59.3 Å². The Bertz CT molecular complexity index is 780. The summed E-state index contributed by atoms with van der Waals surface area (Å²) in [7, 11) is -0.280. The monoisotopic (exact) mass is 319 g/mol. The molecule has 0 aliphatic carbocycles. The highest BCUT2D eigenvalue weighted by Crippen LogP contribution is 2.20.